The largest absolute Gasteiger partial charge is 0.198 e. The average molecular weight is 256 g/mol. The van der Waals surface area contributed by atoms with E-state index in [9.17, 15) is 5.26 Å². The Kier molecular flexibility index (Phi) is 4.02. The van der Waals surface area contributed by atoms with Gasteiger partial charge in [-0.25, -0.2) is 0 Å². The third-order valence-electron chi connectivity index (χ3n) is 3.19. The molecule has 2 rings (SSSR count). The zero-order valence-electron chi connectivity index (χ0n) is 10.2. The molecule has 90 valence electrons. The van der Waals surface area contributed by atoms with E-state index in [1.54, 1.807) is 0 Å². The minimum absolute atomic E-state index is 0.132. The Hall–Kier alpha value is -1.78. The summed E-state index contributed by atoms with van der Waals surface area (Å²) in [5.74, 6) is 0.0158. The molecular weight excluding hydrogens is 242 g/mol. The van der Waals surface area contributed by atoms with Crippen LogP contribution < -0.4 is 0 Å². The van der Waals surface area contributed by atoms with E-state index in [4.69, 9.17) is 11.6 Å². The first kappa shape index (κ1) is 12.7. The van der Waals surface area contributed by atoms with Gasteiger partial charge in [0.25, 0.3) is 0 Å². The van der Waals surface area contributed by atoms with Crippen LogP contribution in [-0.2, 0) is 0 Å². The summed E-state index contributed by atoms with van der Waals surface area (Å²) in [4.78, 5) is 0. The predicted molar refractivity (Wildman–Crippen MR) is 74.7 cm³/mol. The van der Waals surface area contributed by atoms with Crippen molar-refractivity contribution in [3.63, 3.8) is 0 Å². The van der Waals surface area contributed by atoms with Gasteiger partial charge in [0.1, 0.15) is 0 Å². The number of nitriles is 1. The van der Waals surface area contributed by atoms with Gasteiger partial charge in [0, 0.05) is 10.9 Å². The SMILES string of the molecule is C[C@H](c1ccc(Cl)cc1)[C@@H](C#N)c1ccccc1. The van der Waals surface area contributed by atoms with Gasteiger partial charge < -0.3 is 0 Å². The Balaban J connectivity index is 2.29. The second-order valence-electron chi connectivity index (χ2n) is 4.36. The molecule has 0 N–H and O–H groups in total. The van der Waals surface area contributed by atoms with Crippen LogP contribution in [0.5, 0.6) is 0 Å². The third kappa shape index (κ3) is 2.72. The van der Waals surface area contributed by atoms with Crippen LogP contribution in [0.2, 0.25) is 5.02 Å². The molecule has 0 aliphatic carbocycles. The minimum atomic E-state index is -0.132. The molecule has 0 unspecified atom stereocenters. The van der Waals surface area contributed by atoms with Crippen molar-refractivity contribution >= 4 is 11.6 Å². The fourth-order valence-corrected chi connectivity index (χ4v) is 2.22. The predicted octanol–water partition coefficient (Wildman–Crippen LogP) is 4.75. The van der Waals surface area contributed by atoms with Crippen LogP contribution >= 0.6 is 11.6 Å². The lowest BCUT2D eigenvalue weighted by molar-refractivity contribution is 0.687. The zero-order chi connectivity index (χ0) is 13.0. The van der Waals surface area contributed by atoms with Crippen molar-refractivity contribution in [3.05, 3.63) is 70.7 Å². The molecule has 0 saturated heterocycles. The van der Waals surface area contributed by atoms with Crippen LogP contribution in [0.4, 0.5) is 0 Å². The number of nitrogens with zero attached hydrogens (tertiary/aromatic N) is 1. The van der Waals surface area contributed by atoms with E-state index in [1.165, 1.54) is 0 Å². The lowest BCUT2D eigenvalue weighted by Crippen LogP contribution is -2.06. The summed E-state index contributed by atoms with van der Waals surface area (Å²) in [7, 11) is 0. The second-order valence-corrected chi connectivity index (χ2v) is 4.79. The van der Waals surface area contributed by atoms with E-state index in [2.05, 4.69) is 13.0 Å². The van der Waals surface area contributed by atoms with Crippen molar-refractivity contribution < 1.29 is 0 Å². The Bertz CT molecular complexity index is 540. The number of benzene rings is 2. The normalized spacial score (nSPS) is 13.6. The van der Waals surface area contributed by atoms with E-state index < -0.39 is 0 Å². The summed E-state index contributed by atoms with van der Waals surface area (Å²) < 4.78 is 0. The molecule has 0 heterocycles. The van der Waals surface area contributed by atoms with Gasteiger partial charge in [0.2, 0.25) is 0 Å². The molecule has 0 aliphatic heterocycles. The number of rotatable bonds is 3. The maximum Gasteiger partial charge on any atom is 0.0778 e. The maximum absolute atomic E-state index is 9.39. The molecule has 2 heteroatoms. The molecule has 2 atom stereocenters. The van der Waals surface area contributed by atoms with Crippen LogP contribution in [-0.4, -0.2) is 0 Å². The van der Waals surface area contributed by atoms with Crippen LogP contribution in [0.15, 0.2) is 54.6 Å². The molecule has 0 saturated carbocycles. The molecule has 0 fully saturated rings. The number of hydrogen-bond donors (Lipinski definition) is 0. The zero-order valence-corrected chi connectivity index (χ0v) is 10.9. The van der Waals surface area contributed by atoms with Gasteiger partial charge in [-0.1, -0.05) is 61.0 Å². The smallest absolute Gasteiger partial charge is 0.0778 e. The third-order valence-corrected chi connectivity index (χ3v) is 3.45. The summed E-state index contributed by atoms with van der Waals surface area (Å²) in [6, 6.07) is 20.0. The molecular formula is C16H14ClN. The summed E-state index contributed by atoms with van der Waals surface area (Å²) in [6.45, 7) is 2.07. The quantitative estimate of drug-likeness (QED) is 0.776. The Morgan fingerprint density at radius 2 is 1.56 bits per heavy atom. The van der Waals surface area contributed by atoms with E-state index in [0.29, 0.717) is 0 Å². The molecule has 0 radical (unpaired) electrons. The maximum atomic E-state index is 9.39. The van der Waals surface area contributed by atoms with Gasteiger partial charge in [-0.15, -0.1) is 0 Å². The lowest BCUT2D eigenvalue weighted by Gasteiger charge is -2.18. The van der Waals surface area contributed by atoms with Crippen molar-refractivity contribution in [2.24, 2.45) is 0 Å². The highest BCUT2D eigenvalue weighted by Gasteiger charge is 2.20. The van der Waals surface area contributed by atoms with Crippen molar-refractivity contribution in [3.8, 4) is 6.07 Å². The van der Waals surface area contributed by atoms with E-state index in [0.717, 1.165) is 16.1 Å². The molecule has 2 aromatic rings. The van der Waals surface area contributed by atoms with Crippen molar-refractivity contribution in [2.45, 2.75) is 18.8 Å². The summed E-state index contributed by atoms with van der Waals surface area (Å²) in [5.41, 5.74) is 2.19. The Labute approximate surface area is 113 Å². The van der Waals surface area contributed by atoms with Gasteiger partial charge in [-0.2, -0.15) is 5.26 Å². The van der Waals surface area contributed by atoms with Gasteiger partial charge in [0.15, 0.2) is 0 Å². The molecule has 0 amide bonds. The van der Waals surface area contributed by atoms with Crippen LogP contribution in [0.3, 0.4) is 0 Å². The standard InChI is InChI=1S/C16H14ClN/c1-12(13-7-9-15(17)10-8-13)16(11-18)14-5-3-2-4-6-14/h2-10,12,16H,1H3/t12-,16-/m1/s1. The molecule has 0 bridgehead atoms. The minimum Gasteiger partial charge on any atom is -0.198 e. The highest BCUT2D eigenvalue weighted by atomic mass is 35.5. The van der Waals surface area contributed by atoms with Gasteiger partial charge in [0.05, 0.1) is 12.0 Å². The van der Waals surface area contributed by atoms with Crippen LogP contribution in [0.25, 0.3) is 0 Å². The first-order valence-electron chi connectivity index (χ1n) is 5.92. The van der Waals surface area contributed by atoms with Crippen molar-refractivity contribution in [2.75, 3.05) is 0 Å². The molecule has 18 heavy (non-hydrogen) atoms. The second kappa shape index (κ2) is 5.71. The van der Waals surface area contributed by atoms with Crippen molar-refractivity contribution in [1.29, 1.82) is 5.26 Å². The molecule has 1 nitrogen and oxygen atoms in total. The number of hydrogen-bond acceptors (Lipinski definition) is 1. The van der Waals surface area contributed by atoms with Crippen LogP contribution in [0, 0.1) is 11.3 Å². The molecule has 2 aromatic carbocycles. The van der Waals surface area contributed by atoms with Crippen molar-refractivity contribution in [1.82, 2.24) is 0 Å². The molecule has 0 aliphatic rings. The van der Waals surface area contributed by atoms with E-state index in [-0.39, 0.29) is 11.8 Å². The van der Waals surface area contributed by atoms with E-state index in [1.807, 2.05) is 54.6 Å². The summed E-state index contributed by atoms with van der Waals surface area (Å²) in [5, 5.41) is 10.1. The Morgan fingerprint density at radius 3 is 2.11 bits per heavy atom. The molecule has 0 spiro atoms. The fourth-order valence-electron chi connectivity index (χ4n) is 2.09. The van der Waals surface area contributed by atoms with Gasteiger partial charge in [-0.3, -0.25) is 0 Å². The fraction of sp³-hybridized carbons (Fsp3) is 0.188. The average Bonchev–Trinajstić information content (AvgIpc) is 2.41. The first-order chi connectivity index (χ1) is 8.72. The topological polar surface area (TPSA) is 23.8 Å². The van der Waals surface area contributed by atoms with Gasteiger partial charge in [-0.05, 0) is 23.3 Å². The van der Waals surface area contributed by atoms with E-state index >= 15 is 0 Å². The lowest BCUT2D eigenvalue weighted by atomic mass is 9.84. The van der Waals surface area contributed by atoms with Gasteiger partial charge >= 0.3 is 0 Å². The summed E-state index contributed by atoms with van der Waals surface area (Å²) >= 11 is 5.88. The summed E-state index contributed by atoms with van der Waals surface area (Å²) in [6.07, 6.45) is 0. The Morgan fingerprint density at radius 1 is 0.944 bits per heavy atom. The highest BCUT2D eigenvalue weighted by Crippen LogP contribution is 2.32. The first-order valence-corrected chi connectivity index (χ1v) is 6.30. The molecule has 0 aromatic heterocycles. The number of halogens is 1. The monoisotopic (exact) mass is 255 g/mol. The van der Waals surface area contributed by atoms with Crippen LogP contribution in [0.1, 0.15) is 29.9 Å². The highest BCUT2D eigenvalue weighted by molar-refractivity contribution is 6.30.